The SMILES string of the molecule is Cc1ccc(-n2cc(CN)c(=O)[nH]c2=O)o1. The van der Waals surface area contributed by atoms with E-state index in [0.717, 1.165) is 0 Å². The van der Waals surface area contributed by atoms with E-state index < -0.39 is 11.2 Å². The molecule has 84 valence electrons. The van der Waals surface area contributed by atoms with Crippen molar-refractivity contribution in [2.75, 3.05) is 0 Å². The largest absolute Gasteiger partial charge is 0.445 e. The predicted molar refractivity (Wildman–Crippen MR) is 57.6 cm³/mol. The average Bonchev–Trinajstić information content (AvgIpc) is 2.65. The van der Waals surface area contributed by atoms with Crippen molar-refractivity contribution in [3.63, 3.8) is 0 Å². The first-order valence-corrected chi connectivity index (χ1v) is 4.73. The molecule has 0 atom stereocenters. The van der Waals surface area contributed by atoms with E-state index in [0.29, 0.717) is 17.2 Å². The van der Waals surface area contributed by atoms with Gasteiger partial charge in [-0.15, -0.1) is 0 Å². The van der Waals surface area contributed by atoms with Gasteiger partial charge in [0.2, 0.25) is 5.88 Å². The lowest BCUT2D eigenvalue weighted by Crippen LogP contribution is -2.31. The molecule has 6 nitrogen and oxygen atoms in total. The Bertz CT molecular complexity index is 621. The van der Waals surface area contributed by atoms with Crippen molar-refractivity contribution in [1.82, 2.24) is 9.55 Å². The molecular formula is C10H11N3O3. The summed E-state index contributed by atoms with van der Waals surface area (Å²) in [6.45, 7) is 1.83. The van der Waals surface area contributed by atoms with Crippen molar-refractivity contribution < 1.29 is 4.42 Å². The van der Waals surface area contributed by atoms with Crippen LogP contribution in [0, 0.1) is 6.92 Å². The number of H-pyrrole nitrogens is 1. The lowest BCUT2D eigenvalue weighted by molar-refractivity contribution is 0.502. The van der Waals surface area contributed by atoms with Gasteiger partial charge in [0.25, 0.3) is 5.56 Å². The lowest BCUT2D eigenvalue weighted by atomic mass is 10.3. The summed E-state index contributed by atoms with van der Waals surface area (Å²) in [6.07, 6.45) is 1.39. The Labute approximate surface area is 90.3 Å². The Kier molecular flexibility index (Phi) is 2.49. The highest BCUT2D eigenvalue weighted by molar-refractivity contribution is 5.22. The van der Waals surface area contributed by atoms with Gasteiger partial charge < -0.3 is 10.2 Å². The van der Waals surface area contributed by atoms with Crippen molar-refractivity contribution in [3.05, 3.63) is 50.5 Å². The molecule has 0 saturated carbocycles. The molecule has 16 heavy (non-hydrogen) atoms. The monoisotopic (exact) mass is 221 g/mol. The van der Waals surface area contributed by atoms with Crippen LogP contribution in [-0.2, 0) is 6.54 Å². The summed E-state index contributed by atoms with van der Waals surface area (Å²) in [5.41, 5.74) is 4.70. The van der Waals surface area contributed by atoms with Gasteiger partial charge in [0.05, 0.1) is 0 Å². The van der Waals surface area contributed by atoms with Crippen LogP contribution in [0.3, 0.4) is 0 Å². The van der Waals surface area contributed by atoms with E-state index in [9.17, 15) is 9.59 Å². The van der Waals surface area contributed by atoms with Crippen molar-refractivity contribution in [1.29, 1.82) is 0 Å². The van der Waals surface area contributed by atoms with E-state index in [-0.39, 0.29) is 6.54 Å². The van der Waals surface area contributed by atoms with Crippen molar-refractivity contribution in [3.8, 4) is 5.88 Å². The molecule has 0 aromatic carbocycles. The summed E-state index contributed by atoms with van der Waals surface area (Å²) >= 11 is 0. The molecule has 0 spiro atoms. The number of aryl methyl sites for hydroxylation is 1. The summed E-state index contributed by atoms with van der Waals surface area (Å²) in [4.78, 5) is 25.0. The van der Waals surface area contributed by atoms with Gasteiger partial charge in [0, 0.05) is 24.4 Å². The van der Waals surface area contributed by atoms with Crippen LogP contribution in [-0.4, -0.2) is 9.55 Å². The van der Waals surface area contributed by atoms with Gasteiger partial charge in [-0.25, -0.2) is 9.36 Å². The van der Waals surface area contributed by atoms with Crippen LogP contribution in [0.5, 0.6) is 0 Å². The van der Waals surface area contributed by atoms with Gasteiger partial charge in [-0.2, -0.15) is 0 Å². The summed E-state index contributed by atoms with van der Waals surface area (Å²) in [6, 6.07) is 3.38. The Morgan fingerprint density at radius 3 is 2.75 bits per heavy atom. The van der Waals surface area contributed by atoms with Gasteiger partial charge in [0.15, 0.2) is 0 Å². The smallest absolute Gasteiger partial charge is 0.335 e. The third-order valence-corrected chi connectivity index (χ3v) is 2.20. The number of nitrogens with zero attached hydrogens (tertiary/aromatic N) is 1. The fourth-order valence-corrected chi connectivity index (χ4v) is 1.37. The number of hydrogen-bond donors (Lipinski definition) is 2. The van der Waals surface area contributed by atoms with Crippen molar-refractivity contribution in [2.45, 2.75) is 13.5 Å². The quantitative estimate of drug-likeness (QED) is 0.739. The van der Waals surface area contributed by atoms with E-state index in [2.05, 4.69) is 4.98 Å². The highest BCUT2D eigenvalue weighted by Gasteiger charge is 2.07. The topological polar surface area (TPSA) is 94.0 Å². The second-order valence-electron chi connectivity index (χ2n) is 3.37. The first kappa shape index (κ1) is 10.4. The van der Waals surface area contributed by atoms with E-state index in [1.807, 2.05) is 0 Å². The second kappa shape index (κ2) is 3.82. The Morgan fingerprint density at radius 1 is 1.44 bits per heavy atom. The van der Waals surface area contributed by atoms with Crippen molar-refractivity contribution in [2.24, 2.45) is 5.73 Å². The molecule has 0 saturated heterocycles. The number of nitrogens with one attached hydrogen (secondary N) is 1. The molecule has 0 aliphatic rings. The number of aromatic nitrogens is 2. The number of rotatable bonds is 2. The van der Waals surface area contributed by atoms with Crippen LogP contribution in [0.15, 0.2) is 32.3 Å². The molecule has 0 unspecified atom stereocenters. The first-order valence-electron chi connectivity index (χ1n) is 4.73. The van der Waals surface area contributed by atoms with Crippen LogP contribution in [0.1, 0.15) is 11.3 Å². The fraction of sp³-hybridized carbons (Fsp3) is 0.200. The third kappa shape index (κ3) is 1.70. The summed E-state index contributed by atoms with van der Waals surface area (Å²) in [5, 5.41) is 0. The Balaban J connectivity index is 2.66. The van der Waals surface area contributed by atoms with Gasteiger partial charge in [-0.05, 0) is 13.0 Å². The molecule has 3 N–H and O–H groups in total. The van der Waals surface area contributed by atoms with E-state index in [1.54, 1.807) is 19.1 Å². The molecule has 0 radical (unpaired) electrons. The van der Waals surface area contributed by atoms with E-state index >= 15 is 0 Å². The minimum absolute atomic E-state index is 0.0648. The van der Waals surface area contributed by atoms with Gasteiger partial charge in [0.1, 0.15) is 5.76 Å². The van der Waals surface area contributed by atoms with Crippen LogP contribution in [0.2, 0.25) is 0 Å². The molecule has 0 amide bonds. The summed E-state index contributed by atoms with van der Waals surface area (Å²) < 4.78 is 6.51. The zero-order chi connectivity index (χ0) is 11.7. The predicted octanol–water partition coefficient (Wildman–Crippen LogP) is -0.114. The molecule has 0 fully saturated rings. The summed E-state index contributed by atoms with van der Waals surface area (Å²) in [5.74, 6) is 1.04. The number of nitrogens with two attached hydrogens (primary N) is 1. The van der Waals surface area contributed by atoms with E-state index in [4.69, 9.17) is 10.2 Å². The van der Waals surface area contributed by atoms with Gasteiger partial charge >= 0.3 is 5.69 Å². The van der Waals surface area contributed by atoms with Crippen LogP contribution >= 0.6 is 0 Å². The normalized spacial score (nSPS) is 10.6. The first-order chi connectivity index (χ1) is 7.61. The Morgan fingerprint density at radius 2 is 2.19 bits per heavy atom. The minimum Gasteiger partial charge on any atom is -0.445 e. The highest BCUT2D eigenvalue weighted by atomic mass is 16.4. The molecule has 2 aromatic rings. The number of aromatic amines is 1. The molecule has 0 bridgehead atoms. The van der Waals surface area contributed by atoms with Crippen molar-refractivity contribution >= 4 is 0 Å². The maximum absolute atomic E-state index is 11.5. The zero-order valence-corrected chi connectivity index (χ0v) is 8.69. The fourth-order valence-electron chi connectivity index (χ4n) is 1.37. The molecule has 2 aromatic heterocycles. The average molecular weight is 221 g/mol. The maximum atomic E-state index is 11.5. The zero-order valence-electron chi connectivity index (χ0n) is 8.69. The highest BCUT2D eigenvalue weighted by Crippen LogP contribution is 2.09. The molecular weight excluding hydrogens is 210 g/mol. The number of furan rings is 1. The standard InChI is InChI=1S/C10H11N3O3/c1-6-2-3-8(16-6)13-5-7(4-11)9(14)12-10(13)15/h2-3,5H,4,11H2,1H3,(H,12,14,15). The Hall–Kier alpha value is -2.08. The third-order valence-electron chi connectivity index (χ3n) is 2.20. The number of hydrogen-bond acceptors (Lipinski definition) is 4. The molecule has 0 aliphatic carbocycles. The molecule has 0 aliphatic heterocycles. The molecule has 2 rings (SSSR count). The van der Waals surface area contributed by atoms with Gasteiger partial charge in [-0.1, -0.05) is 0 Å². The summed E-state index contributed by atoms with van der Waals surface area (Å²) in [7, 11) is 0. The van der Waals surface area contributed by atoms with Crippen LogP contribution < -0.4 is 17.0 Å². The minimum atomic E-state index is -0.545. The van der Waals surface area contributed by atoms with Crippen LogP contribution in [0.25, 0.3) is 5.88 Å². The van der Waals surface area contributed by atoms with Gasteiger partial charge in [-0.3, -0.25) is 9.78 Å². The lowest BCUT2D eigenvalue weighted by Gasteiger charge is -2.02. The molecule has 2 heterocycles. The second-order valence-corrected chi connectivity index (χ2v) is 3.37. The van der Waals surface area contributed by atoms with E-state index in [1.165, 1.54) is 10.8 Å². The van der Waals surface area contributed by atoms with Crippen LogP contribution in [0.4, 0.5) is 0 Å². The maximum Gasteiger partial charge on any atom is 0.335 e. The molecule has 6 heteroatoms.